The minimum absolute atomic E-state index is 0.000919. The van der Waals surface area contributed by atoms with Gasteiger partial charge >= 0.3 is 6.09 Å². The van der Waals surface area contributed by atoms with Crippen LogP contribution in [0.1, 0.15) is 24.0 Å². The smallest absolute Gasteiger partial charge is 0.405 e. The van der Waals surface area contributed by atoms with Gasteiger partial charge in [-0.1, -0.05) is 18.2 Å². The first-order chi connectivity index (χ1) is 17.0. The van der Waals surface area contributed by atoms with Crippen molar-refractivity contribution in [1.29, 1.82) is 0 Å². The Morgan fingerprint density at radius 1 is 1.06 bits per heavy atom. The van der Waals surface area contributed by atoms with E-state index in [1.165, 1.54) is 5.56 Å². The van der Waals surface area contributed by atoms with Crippen molar-refractivity contribution >= 4 is 23.3 Å². The SMILES string of the molecule is COc1ccccc1CN1CCN(C(=O)C(OC(N)=O)C2CCN(CCc3ccsc3)CC2)CC1. The van der Waals surface area contributed by atoms with Crippen molar-refractivity contribution in [2.24, 2.45) is 11.7 Å². The Labute approximate surface area is 211 Å². The number of nitrogens with two attached hydrogens (primary N) is 1. The Morgan fingerprint density at radius 3 is 2.46 bits per heavy atom. The highest BCUT2D eigenvalue weighted by Crippen LogP contribution is 2.26. The summed E-state index contributed by atoms with van der Waals surface area (Å²) in [4.78, 5) is 31.6. The van der Waals surface area contributed by atoms with Crippen LogP contribution >= 0.6 is 11.3 Å². The van der Waals surface area contributed by atoms with Gasteiger partial charge < -0.3 is 25.0 Å². The molecule has 2 amide bonds. The number of benzene rings is 1. The molecule has 190 valence electrons. The molecule has 2 fully saturated rings. The quantitative estimate of drug-likeness (QED) is 0.570. The van der Waals surface area contributed by atoms with Gasteiger partial charge in [-0.05, 0) is 60.8 Å². The number of para-hydroxylation sites is 1. The van der Waals surface area contributed by atoms with E-state index in [4.69, 9.17) is 15.2 Å². The number of rotatable bonds is 9. The molecule has 1 aromatic carbocycles. The lowest BCUT2D eigenvalue weighted by Gasteiger charge is -2.39. The molecule has 0 bridgehead atoms. The molecule has 2 N–H and O–H groups in total. The number of amides is 2. The van der Waals surface area contributed by atoms with E-state index in [1.807, 2.05) is 23.1 Å². The Hall–Kier alpha value is -2.62. The lowest BCUT2D eigenvalue weighted by Crippen LogP contribution is -2.54. The average Bonchev–Trinajstić information content (AvgIpc) is 3.40. The fourth-order valence-electron chi connectivity index (χ4n) is 5.06. The fourth-order valence-corrected chi connectivity index (χ4v) is 5.76. The van der Waals surface area contributed by atoms with Gasteiger partial charge in [-0.3, -0.25) is 9.69 Å². The molecule has 2 aliphatic heterocycles. The van der Waals surface area contributed by atoms with Gasteiger partial charge in [0, 0.05) is 50.7 Å². The Kier molecular flexibility index (Phi) is 9.01. The zero-order valence-electron chi connectivity index (χ0n) is 20.4. The average molecular weight is 501 g/mol. The van der Waals surface area contributed by atoms with E-state index in [9.17, 15) is 9.59 Å². The van der Waals surface area contributed by atoms with Crippen LogP contribution in [0.15, 0.2) is 41.1 Å². The van der Waals surface area contributed by atoms with Gasteiger partial charge in [-0.15, -0.1) is 0 Å². The minimum atomic E-state index is -0.877. The van der Waals surface area contributed by atoms with Gasteiger partial charge in [-0.25, -0.2) is 4.79 Å². The third kappa shape index (κ3) is 6.96. The first-order valence-corrected chi connectivity index (χ1v) is 13.3. The van der Waals surface area contributed by atoms with Crippen LogP contribution in [-0.2, 0) is 22.5 Å². The van der Waals surface area contributed by atoms with Crippen LogP contribution in [0.25, 0.3) is 0 Å². The number of likely N-dealkylation sites (tertiary alicyclic amines) is 1. The van der Waals surface area contributed by atoms with Crippen molar-refractivity contribution < 1.29 is 19.1 Å². The van der Waals surface area contributed by atoms with E-state index in [1.54, 1.807) is 18.4 Å². The van der Waals surface area contributed by atoms with Crippen LogP contribution in [0.2, 0.25) is 0 Å². The van der Waals surface area contributed by atoms with E-state index in [-0.39, 0.29) is 11.8 Å². The molecule has 3 heterocycles. The zero-order valence-corrected chi connectivity index (χ0v) is 21.3. The number of carbonyl (C=O) groups excluding carboxylic acids is 2. The lowest BCUT2D eigenvalue weighted by molar-refractivity contribution is -0.146. The first-order valence-electron chi connectivity index (χ1n) is 12.4. The molecule has 2 aromatic rings. The topological polar surface area (TPSA) is 88.3 Å². The number of ether oxygens (including phenoxy) is 2. The summed E-state index contributed by atoms with van der Waals surface area (Å²) in [5.74, 6) is 0.763. The molecule has 9 heteroatoms. The highest BCUT2D eigenvalue weighted by Gasteiger charge is 2.37. The minimum Gasteiger partial charge on any atom is -0.496 e. The number of thiophene rings is 1. The highest BCUT2D eigenvalue weighted by molar-refractivity contribution is 7.07. The van der Waals surface area contributed by atoms with Gasteiger partial charge in [0.1, 0.15) is 5.75 Å². The molecule has 1 atom stereocenters. The number of methoxy groups -OCH3 is 1. The van der Waals surface area contributed by atoms with Crippen molar-refractivity contribution in [3.63, 3.8) is 0 Å². The number of hydrogen-bond donors (Lipinski definition) is 1. The standard InChI is InChI=1S/C26H36N4O4S/c1-33-23-5-3-2-4-22(23)18-29-13-15-30(16-14-29)25(31)24(34-26(27)32)21-7-11-28(12-8-21)10-6-20-9-17-35-19-20/h2-5,9,17,19,21,24H,6-8,10-16,18H2,1H3,(H2,27,32). The van der Waals surface area contributed by atoms with E-state index in [0.29, 0.717) is 13.1 Å². The van der Waals surface area contributed by atoms with Crippen molar-refractivity contribution in [3.05, 3.63) is 52.2 Å². The van der Waals surface area contributed by atoms with Gasteiger partial charge in [0.25, 0.3) is 5.91 Å². The Balaban J connectivity index is 1.28. The molecule has 2 saturated heterocycles. The molecule has 1 aromatic heterocycles. The second-order valence-electron chi connectivity index (χ2n) is 9.33. The molecule has 0 spiro atoms. The van der Waals surface area contributed by atoms with E-state index < -0.39 is 12.2 Å². The molecular formula is C26H36N4O4S. The molecule has 4 rings (SSSR count). The molecule has 1 unspecified atom stereocenters. The van der Waals surface area contributed by atoms with Gasteiger partial charge in [-0.2, -0.15) is 11.3 Å². The summed E-state index contributed by atoms with van der Waals surface area (Å²) in [5, 5.41) is 4.30. The molecule has 0 saturated carbocycles. The summed E-state index contributed by atoms with van der Waals surface area (Å²) < 4.78 is 10.9. The summed E-state index contributed by atoms with van der Waals surface area (Å²) in [7, 11) is 1.68. The maximum absolute atomic E-state index is 13.4. The summed E-state index contributed by atoms with van der Waals surface area (Å²) in [6.07, 6.45) is 1.00. The molecule has 2 aliphatic rings. The third-order valence-corrected chi connectivity index (χ3v) is 7.85. The van der Waals surface area contributed by atoms with E-state index >= 15 is 0 Å². The predicted octanol–water partition coefficient (Wildman–Crippen LogP) is 2.82. The number of hydrogen-bond acceptors (Lipinski definition) is 7. The second-order valence-corrected chi connectivity index (χ2v) is 10.1. The molecular weight excluding hydrogens is 464 g/mol. The number of carbonyl (C=O) groups is 2. The zero-order chi connectivity index (χ0) is 24.6. The van der Waals surface area contributed by atoms with Crippen molar-refractivity contribution in [1.82, 2.24) is 14.7 Å². The molecule has 8 nitrogen and oxygen atoms in total. The van der Waals surface area contributed by atoms with Crippen molar-refractivity contribution in [3.8, 4) is 5.75 Å². The number of nitrogens with zero attached hydrogens (tertiary/aromatic N) is 3. The summed E-state index contributed by atoms with van der Waals surface area (Å²) in [6.45, 7) is 6.30. The molecule has 35 heavy (non-hydrogen) atoms. The van der Waals surface area contributed by atoms with Crippen LogP contribution in [0, 0.1) is 5.92 Å². The summed E-state index contributed by atoms with van der Waals surface area (Å²) >= 11 is 1.73. The van der Waals surface area contributed by atoms with Crippen LogP contribution < -0.4 is 10.5 Å². The Morgan fingerprint density at radius 2 is 1.80 bits per heavy atom. The highest BCUT2D eigenvalue weighted by atomic mass is 32.1. The monoisotopic (exact) mass is 500 g/mol. The van der Waals surface area contributed by atoms with Gasteiger partial charge in [0.2, 0.25) is 0 Å². The second kappa shape index (κ2) is 12.4. The number of piperazine rings is 1. The van der Waals surface area contributed by atoms with Gasteiger partial charge in [0.05, 0.1) is 7.11 Å². The van der Waals surface area contributed by atoms with Crippen LogP contribution in [-0.4, -0.2) is 85.7 Å². The molecule has 0 radical (unpaired) electrons. The largest absolute Gasteiger partial charge is 0.496 e. The predicted molar refractivity (Wildman–Crippen MR) is 136 cm³/mol. The fraction of sp³-hybridized carbons (Fsp3) is 0.538. The number of piperidine rings is 1. The van der Waals surface area contributed by atoms with Crippen LogP contribution in [0.3, 0.4) is 0 Å². The third-order valence-electron chi connectivity index (χ3n) is 7.11. The normalized spacial score (nSPS) is 18.8. The maximum Gasteiger partial charge on any atom is 0.405 e. The lowest BCUT2D eigenvalue weighted by atomic mass is 9.90. The van der Waals surface area contributed by atoms with Crippen molar-refractivity contribution in [2.45, 2.75) is 31.9 Å². The first kappa shape index (κ1) is 25.5. The van der Waals surface area contributed by atoms with Gasteiger partial charge in [0.15, 0.2) is 6.10 Å². The van der Waals surface area contributed by atoms with Crippen LogP contribution in [0.4, 0.5) is 4.79 Å². The summed E-state index contributed by atoms with van der Waals surface area (Å²) in [6, 6.07) is 10.2. The van der Waals surface area contributed by atoms with E-state index in [2.05, 4.69) is 32.7 Å². The van der Waals surface area contributed by atoms with Crippen LogP contribution in [0.5, 0.6) is 5.75 Å². The maximum atomic E-state index is 13.4. The number of primary amides is 1. The Bertz CT molecular complexity index is 954. The summed E-state index contributed by atoms with van der Waals surface area (Å²) in [5.41, 5.74) is 7.87. The molecule has 0 aliphatic carbocycles. The van der Waals surface area contributed by atoms with Crippen molar-refractivity contribution in [2.75, 3.05) is 52.9 Å². The van der Waals surface area contributed by atoms with E-state index in [0.717, 1.165) is 69.8 Å².